The van der Waals surface area contributed by atoms with Crippen LogP contribution < -0.4 is 5.32 Å². The zero-order valence-electron chi connectivity index (χ0n) is 9.09. The highest BCUT2D eigenvalue weighted by atomic mass is 35.5. The molecule has 1 aromatic carbocycles. The number of rotatable bonds is 3. The maximum absolute atomic E-state index is 6.03. The fourth-order valence-electron chi connectivity index (χ4n) is 1.97. The second-order valence-corrected chi connectivity index (χ2v) is 5.79. The van der Waals surface area contributed by atoms with Crippen molar-refractivity contribution in [3.05, 3.63) is 28.8 Å². The highest BCUT2D eigenvalue weighted by Gasteiger charge is 2.29. The summed E-state index contributed by atoms with van der Waals surface area (Å²) >= 11 is 7.97. The van der Waals surface area contributed by atoms with Crippen molar-refractivity contribution in [2.24, 2.45) is 0 Å². The standard InChI is InChI=1S/C12H16ClNS/c1-3-6-14-12-8(2)15-11-5-4-9(13)7-10(11)12/h4-5,7-8,12,14H,3,6H2,1-2H3. The van der Waals surface area contributed by atoms with Gasteiger partial charge in [-0.3, -0.25) is 0 Å². The molecule has 0 saturated carbocycles. The fourth-order valence-corrected chi connectivity index (χ4v) is 3.40. The molecule has 2 atom stereocenters. The fraction of sp³-hybridized carbons (Fsp3) is 0.500. The zero-order chi connectivity index (χ0) is 10.8. The Kier molecular flexibility index (Phi) is 3.60. The van der Waals surface area contributed by atoms with Gasteiger partial charge in [0.15, 0.2) is 0 Å². The van der Waals surface area contributed by atoms with Crippen LogP contribution in [0.5, 0.6) is 0 Å². The second-order valence-electron chi connectivity index (χ2n) is 3.94. The van der Waals surface area contributed by atoms with Crippen molar-refractivity contribution in [1.29, 1.82) is 0 Å². The van der Waals surface area contributed by atoms with E-state index in [4.69, 9.17) is 11.6 Å². The lowest BCUT2D eigenvalue weighted by Crippen LogP contribution is -2.26. The Hall–Kier alpha value is -0.180. The molecule has 0 spiro atoms. The Labute approximate surface area is 101 Å². The van der Waals surface area contributed by atoms with E-state index in [0.717, 1.165) is 11.6 Å². The van der Waals surface area contributed by atoms with Gasteiger partial charge in [-0.25, -0.2) is 0 Å². The summed E-state index contributed by atoms with van der Waals surface area (Å²) in [5.74, 6) is 0. The molecule has 1 aliphatic heterocycles. The molecule has 0 radical (unpaired) electrons. The maximum atomic E-state index is 6.03. The van der Waals surface area contributed by atoms with Gasteiger partial charge in [0, 0.05) is 21.2 Å². The van der Waals surface area contributed by atoms with E-state index in [1.807, 2.05) is 17.8 Å². The highest BCUT2D eigenvalue weighted by Crippen LogP contribution is 2.44. The minimum atomic E-state index is 0.462. The van der Waals surface area contributed by atoms with Crippen LogP contribution in [-0.2, 0) is 0 Å². The largest absolute Gasteiger partial charge is 0.309 e. The van der Waals surface area contributed by atoms with Gasteiger partial charge >= 0.3 is 0 Å². The van der Waals surface area contributed by atoms with E-state index >= 15 is 0 Å². The van der Waals surface area contributed by atoms with Crippen molar-refractivity contribution in [3.63, 3.8) is 0 Å². The third-order valence-electron chi connectivity index (χ3n) is 2.70. The second kappa shape index (κ2) is 4.77. The first kappa shape index (κ1) is 11.3. The predicted molar refractivity (Wildman–Crippen MR) is 67.8 cm³/mol. The van der Waals surface area contributed by atoms with Gasteiger partial charge in [0.2, 0.25) is 0 Å². The molecule has 2 rings (SSSR count). The Morgan fingerprint density at radius 3 is 3.00 bits per heavy atom. The normalized spacial score (nSPS) is 24.2. The van der Waals surface area contributed by atoms with Gasteiger partial charge in [0.05, 0.1) is 0 Å². The van der Waals surface area contributed by atoms with Gasteiger partial charge in [0.1, 0.15) is 0 Å². The minimum absolute atomic E-state index is 0.462. The summed E-state index contributed by atoms with van der Waals surface area (Å²) in [5, 5.41) is 5.03. The van der Waals surface area contributed by atoms with Crippen molar-refractivity contribution in [2.45, 2.75) is 36.5 Å². The Morgan fingerprint density at radius 2 is 2.27 bits per heavy atom. The van der Waals surface area contributed by atoms with E-state index in [-0.39, 0.29) is 0 Å². The van der Waals surface area contributed by atoms with Crippen molar-refractivity contribution in [2.75, 3.05) is 6.54 Å². The molecule has 3 heteroatoms. The van der Waals surface area contributed by atoms with Crippen molar-refractivity contribution >= 4 is 23.4 Å². The highest BCUT2D eigenvalue weighted by molar-refractivity contribution is 8.00. The first-order valence-corrected chi connectivity index (χ1v) is 6.67. The first-order chi connectivity index (χ1) is 7.22. The molecule has 1 aliphatic rings. The number of halogens is 1. The van der Waals surface area contributed by atoms with Gasteiger partial charge < -0.3 is 5.32 Å². The number of fused-ring (bicyclic) bond motifs is 1. The molecule has 0 aromatic heterocycles. The summed E-state index contributed by atoms with van der Waals surface area (Å²) in [6, 6.07) is 6.67. The third-order valence-corrected chi connectivity index (χ3v) is 4.21. The molecule has 0 saturated heterocycles. The minimum Gasteiger partial charge on any atom is -0.309 e. The number of benzene rings is 1. The molecule has 1 N–H and O–H groups in total. The molecule has 1 aromatic rings. The van der Waals surface area contributed by atoms with Crippen molar-refractivity contribution in [3.8, 4) is 0 Å². The average molecular weight is 242 g/mol. The van der Waals surface area contributed by atoms with Crippen LogP contribution in [0.2, 0.25) is 5.02 Å². The summed E-state index contributed by atoms with van der Waals surface area (Å²) in [7, 11) is 0. The molecule has 0 bridgehead atoms. The van der Waals surface area contributed by atoms with E-state index in [2.05, 4.69) is 31.3 Å². The van der Waals surface area contributed by atoms with Crippen LogP contribution in [0.25, 0.3) is 0 Å². The van der Waals surface area contributed by atoms with E-state index < -0.39 is 0 Å². The van der Waals surface area contributed by atoms with Crippen molar-refractivity contribution < 1.29 is 0 Å². The van der Waals surface area contributed by atoms with Crippen molar-refractivity contribution in [1.82, 2.24) is 5.32 Å². The predicted octanol–water partition coefficient (Wildman–Crippen LogP) is 3.87. The van der Waals surface area contributed by atoms with Gasteiger partial charge in [-0.15, -0.1) is 11.8 Å². The summed E-state index contributed by atoms with van der Waals surface area (Å²) in [6.07, 6.45) is 1.17. The van der Waals surface area contributed by atoms with Crippen LogP contribution in [0.1, 0.15) is 31.9 Å². The topological polar surface area (TPSA) is 12.0 Å². The number of thioether (sulfide) groups is 1. The SMILES string of the molecule is CCCNC1c2cc(Cl)ccc2SC1C. The lowest BCUT2D eigenvalue weighted by molar-refractivity contribution is 0.532. The molecule has 15 heavy (non-hydrogen) atoms. The quantitative estimate of drug-likeness (QED) is 0.862. The zero-order valence-corrected chi connectivity index (χ0v) is 10.7. The maximum Gasteiger partial charge on any atom is 0.0453 e. The molecule has 82 valence electrons. The summed E-state index contributed by atoms with van der Waals surface area (Å²) in [6.45, 7) is 5.53. The Morgan fingerprint density at radius 1 is 1.47 bits per heavy atom. The molecule has 0 amide bonds. The molecule has 2 unspecified atom stereocenters. The van der Waals surface area contributed by atoms with E-state index in [1.165, 1.54) is 16.9 Å². The third kappa shape index (κ3) is 2.32. The average Bonchev–Trinajstić information content (AvgIpc) is 2.51. The number of hydrogen-bond acceptors (Lipinski definition) is 2. The monoisotopic (exact) mass is 241 g/mol. The smallest absolute Gasteiger partial charge is 0.0453 e. The van der Waals surface area contributed by atoms with Gasteiger partial charge in [-0.1, -0.05) is 25.4 Å². The molecule has 0 fully saturated rings. The summed E-state index contributed by atoms with van der Waals surface area (Å²) in [5.41, 5.74) is 1.37. The van der Waals surface area contributed by atoms with Crippen LogP contribution in [0.4, 0.5) is 0 Å². The van der Waals surface area contributed by atoms with Crippen LogP contribution in [0.3, 0.4) is 0 Å². The summed E-state index contributed by atoms with van der Waals surface area (Å²) < 4.78 is 0. The lowest BCUT2D eigenvalue weighted by Gasteiger charge is -2.17. The molecule has 0 aliphatic carbocycles. The molecule has 1 nitrogen and oxygen atoms in total. The number of nitrogens with one attached hydrogen (secondary N) is 1. The van der Waals surface area contributed by atoms with E-state index in [1.54, 1.807) is 0 Å². The van der Waals surface area contributed by atoms with Crippen LogP contribution in [-0.4, -0.2) is 11.8 Å². The Bertz CT molecular complexity index is 353. The van der Waals surface area contributed by atoms with Crippen LogP contribution >= 0.6 is 23.4 Å². The molecular formula is C12H16ClNS. The number of hydrogen-bond donors (Lipinski definition) is 1. The first-order valence-electron chi connectivity index (χ1n) is 5.42. The van der Waals surface area contributed by atoms with E-state index in [9.17, 15) is 0 Å². The van der Waals surface area contributed by atoms with Gasteiger partial charge in [-0.2, -0.15) is 0 Å². The van der Waals surface area contributed by atoms with Crippen LogP contribution in [0.15, 0.2) is 23.1 Å². The van der Waals surface area contributed by atoms with Crippen LogP contribution in [0, 0.1) is 0 Å². The van der Waals surface area contributed by atoms with Gasteiger partial charge in [-0.05, 0) is 36.7 Å². The lowest BCUT2D eigenvalue weighted by atomic mass is 10.0. The van der Waals surface area contributed by atoms with Gasteiger partial charge in [0.25, 0.3) is 0 Å². The summed E-state index contributed by atoms with van der Waals surface area (Å²) in [4.78, 5) is 1.38. The molecular weight excluding hydrogens is 226 g/mol. The van der Waals surface area contributed by atoms with E-state index in [0.29, 0.717) is 11.3 Å². The molecule has 1 heterocycles. The Balaban J connectivity index is 2.23.